The molecule has 0 aliphatic carbocycles. The van der Waals surface area contributed by atoms with E-state index in [1.165, 1.54) is 4.31 Å². The van der Waals surface area contributed by atoms with Gasteiger partial charge < -0.3 is 10.2 Å². The number of hydrogen-bond acceptors (Lipinski definition) is 4. The molecule has 2 amide bonds. The highest BCUT2D eigenvalue weighted by Gasteiger charge is 2.29. The maximum Gasteiger partial charge on any atom is 0.243 e. The lowest BCUT2D eigenvalue weighted by Gasteiger charge is -2.32. The Morgan fingerprint density at radius 2 is 1.72 bits per heavy atom. The number of amides is 2. The first kappa shape index (κ1) is 29.9. The summed E-state index contributed by atoms with van der Waals surface area (Å²) in [6.45, 7) is 6.03. The van der Waals surface area contributed by atoms with E-state index in [9.17, 15) is 18.0 Å². The lowest BCUT2D eigenvalue weighted by molar-refractivity contribution is -0.141. The number of nitrogens with one attached hydrogen (secondary N) is 1. The van der Waals surface area contributed by atoms with Gasteiger partial charge in [0, 0.05) is 35.6 Å². The quantitative estimate of drug-likeness (QED) is 0.365. The van der Waals surface area contributed by atoms with Gasteiger partial charge in [-0.3, -0.25) is 13.9 Å². The molecule has 0 unspecified atom stereocenters. The zero-order chi connectivity index (χ0) is 26.9. The molecule has 0 saturated carbocycles. The topological polar surface area (TPSA) is 86.8 Å². The molecule has 7 nitrogen and oxygen atoms in total. The Bertz CT molecular complexity index is 1140. The number of rotatable bonds is 13. The summed E-state index contributed by atoms with van der Waals surface area (Å²) in [5, 5.41) is 3.90. The Hall–Kier alpha value is -2.29. The minimum absolute atomic E-state index is 0.0233. The van der Waals surface area contributed by atoms with Gasteiger partial charge in [0.2, 0.25) is 21.8 Å². The summed E-state index contributed by atoms with van der Waals surface area (Å²) in [6.07, 6.45) is 2.64. The Labute approximate surface area is 224 Å². The van der Waals surface area contributed by atoms with Crippen LogP contribution in [0.4, 0.5) is 5.69 Å². The maximum atomic E-state index is 13.5. The number of nitrogens with zero attached hydrogens (tertiary/aromatic N) is 2. The molecule has 1 N–H and O–H groups in total. The van der Waals surface area contributed by atoms with Crippen LogP contribution < -0.4 is 9.62 Å². The second kappa shape index (κ2) is 13.9. The van der Waals surface area contributed by atoms with Crippen LogP contribution in [0.3, 0.4) is 0 Å². The van der Waals surface area contributed by atoms with Crippen molar-refractivity contribution in [1.29, 1.82) is 0 Å². The molecule has 2 aromatic rings. The second-order valence-electron chi connectivity index (χ2n) is 8.77. The number of carbonyl (C=O) groups excluding carboxylic acids is 2. The van der Waals surface area contributed by atoms with Crippen molar-refractivity contribution in [2.45, 2.75) is 65.1 Å². The standard InChI is InChI=1S/C26H35Cl2N3O4S/c1-5-19(3)29-26(33)24(6-2)30(18-20-11-7-8-14-23(20)28)25(32)15-10-16-31(36(4,34)35)22-13-9-12-21(27)17-22/h7-9,11-14,17,19,24H,5-6,10,15-16,18H2,1-4H3,(H,29,33)/t19-,24+/m0/s1. The Kier molecular flexibility index (Phi) is 11.5. The van der Waals surface area contributed by atoms with Crippen LogP contribution in [0.25, 0.3) is 0 Å². The first-order valence-electron chi connectivity index (χ1n) is 12.0. The highest BCUT2D eigenvalue weighted by atomic mass is 35.5. The van der Waals surface area contributed by atoms with Gasteiger partial charge in [0.15, 0.2) is 0 Å². The third kappa shape index (κ3) is 8.68. The fourth-order valence-corrected chi connectivity index (χ4v) is 5.14. The van der Waals surface area contributed by atoms with Crippen LogP contribution in [0.5, 0.6) is 0 Å². The summed E-state index contributed by atoms with van der Waals surface area (Å²) < 4.78 is 26.1. The summed E-state index contributed by atoms with van der Waals surface area (Å²) in [5.74, 6) is -0.468. The molecule has 36 heavy (non-hydrogen) atoms. The minimum atomic E-state index is -3.59. The lowest BCUT2D eigenvalue weighted by atomic mass is 10.1. The Morgan fingerprint density at radius 3 is 2.31 bits per heavy atom. The molecule has 0 aliphatic rings. The smallest absolute Gasteiger partial charge is 0.243 e. The van der Waals surface area contributed by atoms with E-state index in [-0.39, 0.29) is 43.8 Å². The van der Waals surface area contributed by atoms with E-state index in [4.69, 9.17) is 23.2 Å². The van der Waals surface area contributed by atoms with Crippen LogP contribution in [0.1, 0.15) is 52.0 Å². The number of hydrogen-bond donors (Lipinski definition) is 1. The molecule has 10 heteroatoms. The molecule has 2 rings (SSSR count). The molecule has 0 radical (unpaired) electrons. The molecule has 198 valence electrons. The molecule has 0 fully saturated rings. The van der Waals surface area contributed by atoms with Crippen molar-refractivity contribution in [2.24, 2.45) is 0 Å². The zero-order valence-corrected chi connectivity index (χ0v) is 23.5. The molecule has 2 atom stereocenters. The summed E-state index contributed by atoms with van der Waals surface area (Å²) in [4.78, 5) is 28.1. The fourth-order valence-electron chi connectivity index (χ4n) is 3.81. The molecular formula is C26H35Cl2N3O4S. The number of anilines is 1. The summed E-state index contributed by atoms with van der Waals surface area (Å²) in [6, 6.07) is 13.1. The molecule has 0 bridgehead atoms. The van der Waals surface area contributed by atoms with Crippen LogP contribution in [0.15, 0.2) is 48.5 Å². The molecular weight excluding hydrogens is 521 g/mol. The van der Waals surface area contributed by atoms with Gasteiger partial charge in [-0.2, -0.15) is 0 Å². The van der Waals surface area contributed by atoms with Crippen molar-refractivity contribution in [3.63, 3.8) is 0 Å². The Balaban J connectivity index is 2.24. The zero-order valence-electron chi connectivity index (χ0n) is 21.2. The fraction of sp³-hybridized carbons (Fsp3) is 0.462. The van der Waals surface area contributed by atoms with Gasteiger partial charge in [-0.25, -0.2) is 8.42 Å². The van der Waals surface area contributed by atoms with Crippen LogP contribution in [0.2, 0.25) is 10.0 Å². The molecule has 0 spiro atoms. The van der Waals surface area contributed by atoms with E-state index in [2.05, 4.69) is 5.32 Å². The van der Waals surface area contributed by atoms with Gasteiger partial charge in [-0.05, 0) is 56.0 Å². The van der Waals surface area contributed by atoms with Crippen LogP contribution in [-0.4, -0.2) is 50.0 Å². The van der Waals surface area contributed by atoms with Crippen molar-refractivity contribution < 1.29 is 18.0 Å². The SMILES string of the molecule is CC[C@H](C(=O)N[C@@H](C)CC)N(Cc1ccccc1Cl)C(=O)CCCN(c1cccc(Cl)c1)S(C)(=O)=O. The third-order valence-electron chi connectivity index (χ3n) is 5.93. The normalized spacial score (nSPS) is 13.1. The highest BCUT2D eigenvalue weighted by Crippen LogP contribution is 2.24. The molecule has 0 aliphatic heterocycles. The van der Waals surface area contributed by atoms with E-state index in [0.717, 1.165) is 18.2 Å². The van der Waals surface area contributed by atoms with Crippen LogP contribution >= 0.6 is 23.2 Å². The lowest BCUT2D eigenvalue weighted by Crippen LogP contribution is -2.50. The maximum absolute atomic E-state index is 13.5. The summed E-state index contributed by atoms with van der Waals surface area (Å²) >= 11 is 12.4. The monoisotopic (exact) mass is 555 g/mol. The Morgan fingerprint density at radius 1 is 1.03 bits per heavy atom. The van der Waals surface area contributed by atoms with Crippen molar-refractivity contribution >= 4 is 50.7 Å². The van der Waals surface area contributed by atoms with Gasteiger partial charge in [0.25, 0.3) is 0 Å². The van der Waals surface area contributed by atoms with Gasteiger partial charge in [0.05, 0.1) is 11.9 Å². The van der Waals surface area contributed by atoms with E-state index in [0.29, 0.717) is 22.2 Å². The van der Waals surface area contributed by atoms with E-state index in [1.54, 1.807) is 41.3 Å². The van der Waals surface area contributed by atoms with Crippen LogP contribution in [0, 0.1) is 0 Å². The number of carbonyl (C=O) groups is 2. The second-order valence-corrected chi connectivity index (χ2v) is 11.5. The number of halogens is 2. The summed E-state index contributed by atoms with van der Waals surface area (Å²) in [5.41, 5.74) is 1.17. The van der Waals surface area contributed by atoms with E-state index >= 15 is 0 Å². The van der Waals surface area contributed by atoms with Gasteiger partial charge in [-0.1, -0.05) is 61.3 Å². The molecule has 0 saturated heterocycles. The van der Waals surface area contributed by atoms with Crippen molar-refractivity contribution in [3.05, 3.63) is 64.1 Å². The predicted octanol–water partition coefficient (Wildman–Crippen LogP) is 5.26. The summed E-state index contributed by atoms with van der Waals surface area (Å²) in [7, 11) is -3.59. The minimum Gasteiger partial charge on any atom is -0.352 e. The van der Waals surface area contributed by atoms with Gasteiger partial charge >= 0.3 is 0 Å². The molecule has 2 aromatic carbocycles. The van der Waals surface area contributed by atoms with E-state index < -0.39 is 16.1 Å². The predicted molar refractivity (Wildman–Crippen MR) is 147 cm³/mol. The van der Waals surface area contributed by atoms with Crippen molar-refractivity contribution in [3.8, 4) is 0 Å². The van der Waals surface area contributed by atoms with E-state index in [1.807, 2.05) is 32.9 Å². The van der Waals surface area contributed by atoms with Crippen LogP contribution in [-0.2, 0) is 26.2 Å². The number of sulfonamides is 1. The first-order valence-corrected chi connectivity index (χ1v) is 14.6. The molecule has 0 heterocycles. The van der Waals surface area contributed by atoms with Crippen molar-refractivity contribution in [2.75, 3.05) is 17.1 Å². The number of benzene rings is 2. The third-order valence-corrected chi connectivity index (χ3v) is 7.73. The van der Waals surface area contributed by atoms with Gasteiger partial charge in [-0.15, -0.1) is 0 Å². The average Bonchev–Trinajstić information content (AvgIpc) is 2.81. The molecule has 0 aromatic heterocycles. The van der Waals surface area contributed by atoms with Gasteiger partial charge in [0.1, 0.15) is 6.04 Å². The van der Waals surface area contributed by atoms with Crippen molar-refractivity contribution in [1.82, 2.24) is 10.2 Å². The average molecular weight is 557 g/mol. The highest BCUT2D eigenvalue weighted by molar-refractivity contribution is 7.92. The largest absolute Gasteiger partial charge is 0.352 e. The first-order chi connectivity index (χ1) is 17.0.